The molecule has 2 atom stereocenters. The molecule has 0 spiro atoms. The maximum atomic E-state index is 5.71. The molecule has 1 aromatic heterocycles. The van der Waals surface area contributed by atoms with Gasteiger partial charge in [-0.15, -0.1) is 0 Å². The van der Waals surface area contributed by atoms with Crippen LogP contribution < -0.4 is 10.6 Å². The number of piperidine rings is 1. The van der Waals surface area contributed by atoms with Gasteiger partial charge in [0, 0.05) is 31.5 Å². The van der Waals surface area contributed by atoms with Crippen LogP contribution >= 0.6 is 0 Å². The molecule has 16 heavy (non-hydrogen) atoms. The summed E-state index contributed by atoms with van der Waals surface area (Å²) < 4.78 is 0. The zero-order chi connectivity index (χ0) is 11.5. The molecule has 4 nitrogen and oxygen atoms in total. The van der Waals surface area contributed by atoms with E-state index in [9.17, 15) is 0 Å². The summed E-state index contributed by atoms with van der Waals surface area (Å²) in [7, 11) is 0. The van der Waals surface area contributed by atoms with E-state index >= 15 is 0 Å². The highest BCUT2D eigenvalue weighted by molar-refractivity contribution is 5.44. The number of nitrogens with two attached hydrogens (primary N) is 1. The average molecular weight is 220 g/mol. The highest BCUT2D eigenvalue weighted by atomic mass is 15.2. The van der Waals surface area contributed by atoms with E-state index in [0.29, 0.717) is 18.5 Å². The van der Waals surface area contributed by atoms with Crippen LogP contribution in [0.15, 0.2) is 12.4 Å². The average Bonchev–Trinajstić information content (AvgIpc) is 2.33. The molecule has 2 rings (SSSR count). The fraction of sp³-hybridized carbons (Fsp3) is 0.667. The van der Waals surface area contributed by atoms with E-state index in [0.717, 1.165) is 18.1 Å². The zero-order valence-corrected chi connectivity index (χ0v) is 10.1. The van der Waals surface area contributed by atoms with Crippen molar-refractivity contribution in [1.82, 2.24) is 9.97 Å². The second-order valence-corrected chi connectivity index (χ2v) is 4.58. The van der Waals surface area contributed by atoms with Gasteiger partial charge < -0.3 is 10.6 Å². The molecule has 88 valence electrons. The fourth-order valence-electron chi connectivity index (χ4n) is 2.38. The van der Waals surface area contributed by atoms with Crippen molar-refractivity contribution in [2.24, 2.45) is 11.7 Å². The minimum atomic E-state index is 0.459. The van der Waals surface area contributed by atoms with E-state index in [1.807, 2.05) is 0 Å². The van der Waals surface area contributed by atoms with Crippen LogP contribution in [0, 0.1) is 5.92 Å². The van der Waals surface area contributed by atoms with Crippen LogP contribution in [0.5, 0.6) is 0 Å². The van der Waals surface area contributed by atoms with Crippen molar-refractivity contribution >= 4 is 5.82 Å². The molecule has 1 aromatic rings. The number of hydrogen-bond acceptors (Lipinski definition) is 4. The first-order chi connectivity index (χ1) is 7.74. The fourth-order valence-corrected chi connectivity index (χ4v) is 2.38. The largest absolute Gasteiger partial charge is 0.352 e. The first kappa shape index (κ1) is 11.3. The van der Waals surface area contributed by atoms with Gasteiger partial charge in [-0.05, 0) is 25.7 Å². The second kappa shape index (κ2) is 4.78. The molecule has 2 heterocycles. The highest BCUT2D eigenvalue weighted by Gasteiger charge is 2.27. The Bertz CT molecular complexity index is 353. The van der Waals surface area contributed by atoms with Crippen molar-refractivity contribution < 1.29 is 0 Å². The normalized spacial score (nSPS) is 25.8. The molecule has 0 amide bonds. The third kappa shape index (κ3) is 2.02. The summed E-state index contributed by atoms with van der Waals surface area (Å²) in [6.45, 7) is 6.09. The predicted octanol–water partition coefficient (Wildman–Crippen LogP) is 1.56. The molecule has 0 saturated carbocycles. The summed E-state index contributed by atoms with van der Waals surface area (Å²) >= 11 is 0. The molecular weight excluding hydrogens is 200 g/mol. The van der Waals surface area contributed by atoms with Gasteiger partial charge in [-0.2, -0.15) is 0 Å². The molecule has 1 saturated heterocycles. The number of aromatic nitrogens is 2. The lowest BCUT2D eigenvalue weighted by molar-refractivity contribution is 0.360. The van der Waals surface area contributed by atoms with Gasteiger partial charge in [0.1, 0.15) is 0 Å². The van der Waals surface area contributed by atoms with Gasteiger partial charge in [-0.3, -0.25) is 4.98 Å². The Morgan fingerprint density at radius 3 is 2.88 bits per heavy atom. The molecule has 1 fully saturated rings. The quantitative estimate of drug-likeness (QED) is 0.821. The van der Waals surface area contributed by atoms with Crippen molar-refractivity contribution in [3.63, 3.8) is 0 Å². The summed E-state index contributed by atoms with van der Waals surface area (Å²) in [5, 5.41) is 0. The number of anilines is 1. The standard InChI is InChI=1S/C12H20N4/c1-9-4-3-7-16(10(9)2)12-11(8-13)14-5-6-15-12/h5-6,9-10H,3-4,7-8,13H2,1-2H3. The smallest absolute Gasteiger partial charge is 0.151 e. The van der Waals surface area contributed by atoms with Gasteiger partial charge in [0.15, 0.2) is 5.82 Å². The Morgan fingerprint density at radius 1 is 1.38 bits per heavy atom. The third-order valence-corrected chi connectivity index (χ3v) is 3.59. The Kier molecular flexibility index (Phi) is 3.39. The van der Waals surface area contributed by atoms with Crippen LogP contribution in [-0.4, -0.2) is 22.6 Å². The molecule has 0 aliphatic carbocycles. The lowest BCUT2D eigenvalue weighted by Gasteiger charge is -2.39. The van der Waals surface area contributed by atoms with E-state index in [1.165, 1.54) is 12.8 Å². The number of hydrogen-bond donors (Lipinski definition) is 1. The van der Waals surface area contributed by atoms with Crippen molar-refractivity contribution in [1.29, 1.82) is 0 Å². The van der Waals surface area contributed by atoms with Gasteiger partial charge in [0.05, 0.1) is 5.69 Å². The van der Waals surface area contributed by atoms with E-state index in [-0.39, 0.29) is 0 Å². The molecule has 4 heteroatoms. The zero-order valence-electron chi connectivity index (χ0n) is 10.1. The minimum Gasteiger partial charge on any atom is -0.352 e. The lowest BCUT2D eigenvalue weighted by atomic mass is 9.92. The predicted molar refractivity (Wildman–Crippen MR) is 65.1 cm³/mol. The first-order valence-corrected chi connectivity index (χ1v) is 6.00. The maximum Gasteiger partial charge on any atom is 0.151 e. The van der Waals surface area contributed by atoms with Gasteiger partial charge >= 0.3 is 0 Å². The highest BCUT2D eigenvalue weighted by Crippen LogP contribution is 2.28. The Labute approximate surface area is 96.9 Å². The number of rotatable bonds is 2. The van der Waals surface area contributed by atoms with E-state index < -0.39 is 0 Å². The van der Waals surface area contributed by atoms with Crippen LogP contribution in [0.2, 0.25) is 0 Å². The molecule has 2 N–H and O–H groups in total. The molecule has 0 radical (unpaired) electrons. The second-order valence-electron chi connectivity index (χ2n) is 4.58. The number of nitrogens with zero attached hydrogens (tertiary/aromatic N) is 3. The molecule has 1 aliphatic rings. The maximum absolute atomic E-state index is 5.71. The van der Waals surface area contributed by atoms with Crippen molar-refractivity contribution in [2.75, 3.05) is 11.4 Å². The molecule has 0 bridgehead atoms. The summed E-state index contributed by atoms with van der Waals surface area (Å²) in [4.78, 5) is 11.1. The van der Waals surface area contributed by atoms with Crippen LogP contribution in [0.3, 0.4) is 0 Å². The van der Waals surface area contributed by atoms with Crippen LogP contribution in [0.25, 0.3) is 0 Å². The molecule has 2 unspecified atom stereocenters. The van der Waals surface area contributed by atoms with E-state index in [2.05, 4.69) is 28.7 Å². The summed E-state index contributed by atoms with van der Waals surface area (Å²) in [6.07, 6.45) is 5.99. The van der Waals surface area contributed by atoms with Crippen molar-refractivity contribution in [3.05, 3.63) is 18.1 Å². The Balaban J connectivity index is 2.28. The van der Waals surface area contributed by atoms with Gasteiger partial charge in [-0.1, -0.05) is 6.92 Å². The van der Waals surface area contributed by atoms with E-state index in [1.54, 1.807) is 12.4 Å². The lowest BCUT2D eigenvalue weighted by Crippen LogP contribution is -2.43. The van der Waals surface area contributed by atoms with Gasteiger partial charge in [0.25, 0.3) is 0 Å². The molecule has 0 aromatic carbocycles. The van der Waals surface area contributed by atoms with Crippen molar-refractivity contribution in [2.45, 2.75) is 39.3 Å². The third-order valence-electron chi connectivity index (χ3n) is 3.59. The first-order valence-electron chi connectivity index (χ1n) is 6.00. The van der Waals surface area contributed by atoms with Crippen LogP contribution in [0.1, 0.15) is 32.4 Å². The van der Waals surface area contributed by atoms with Crippen molar-refractivity contribution in [3.8, 4) is 0 Å². The SMILES string of the molecule is CC1CCCN(c2nccnc2CN)C1C. The van der Waals surface area contributed by atoms with Crippen LogP contribution in [0.4, 0.5) is 5.82 Å². The molecule has 1 aliphatic heterocycles. The summed E-state index contributed by atoms with van der Waals surface area (Å²) in [5.41, 5.74) is 6.61. The Hall–Kier alpha value is -1.16. The topological polar surface area (TPSA) is 55.0 Å². The van der Waals surface area contributed by atoms with Crippen LogP contribution in [-0.2, 0) is 6.54 Å². The van der Waals surface area contributed by atoms with Gasteiger partial charge in [-0.25, -0.2) is 4.98 Å². The molecular formula is C12H20N4. The Morgan fingerprint density at radius 2 is 2.12 bits per heavy atom. The summed E-state index contributed by atoms with van der Waals surface area (Å²) in [6, 6.07) is 0.524. The van der Waals surface area contributed by atoms with E-state index in [4.69, 9.17) is 5.73 Å². The van der Waals surface area contributed by atoms with Gasteiger partial charge in [0.2, 0.25) is 0 Å². The minimum absolute atomic E-state index is 0.459. The monoisotopic (exact) mass is 220 g/mol. The summed E-state index contributed by atoms with van der Waals surface area (Å²) in [5.74, 6) is 1.69.